The molecule has 0 radical (unpaired) electrons. The number of ether oxygens (including phenoxy) is 1. The van der Waals surface area contributed by atoms with Gasteiger partial charge in [0.05, 0.1) is 6.61 Å². The maximum absolute atomic E-state index is 11.4. The Hall–Kier alpha value is -2.47. The lowest BCUT2D eigenvalue weighted by Gasteiger charge is -2.08. The van der Waals surface area contributed by atoms with Gasteiger partial charge in [-0.3, -0.25) is 4.79 Å². The SMILES string of the molecule is COCCNc1ccnc(Nc2cccc(C(C)=O)c2)n1. The number of nitrogens with zero attached hydrogens (tertiary/aromatic N) is 2. The molecule has 0 aliphatic carbocycles. The Labute approximate surface area is 123 Å². The number of ketones is 1. The van der Waals surface area contributed by atoms with E-state index in [2.05, 4.69) is 20.6 Å². The third-order valence-electron chi connectivity index (χ3n) is 2.79. The van der Waals surface area contributed by atoms with E-state index in [0.717, 1.165) is 5.69 Å². The molecule has 0 bridgehead atoms. The summed E-state index contributed by atoms with van der Waals surface area (Å²) in [5.74, 6) is 1.21. The maximum Gasteiger partial charge on any atom is 0.229 e. The molecule has 6 nitrogen and oxygen atoms in total. The first-order chi connectivity index (χ1) is 10.2. The Morgan fingerprint density at radius 1 is 1.33 bits per heavy atom. The first-order valence-electron chi connectivity index (χ1n) is 6.63. The van der Waals surface area contributed by atoms with Crippen LogP contribution in [0, 0.1) is 0 Å². The number of Topliss-reactive ketones (excluding diaryl/α,β-unsaturated/α-hetero) is 1. The summed E-state index contributed by atoms with van der Waals surface area (Å²) in [5, 5.41) is 6.22. The molecule has 0 spiro atoms. The van der Waals surface area contributed by atoms with Gasteiger partial charge in [-0.2, -0.15) is 4.98 Å². The van der Waals surface area contributed by atoms with Gasteiger partial charge in [-0.05, 0) is 25.1 Å². The Balaban J connectivity index is 2.07. The Morgan fingerprint density at radius 2 is 2.19 bits per heavy atom. The van der Waals surface area contributed by atoms with Crippen LogP contribution < -0.4 is 10.6 Å². The highest BCUT2D eigenvalue weighted by atomic mass is 16.5. The van der Waals surface area contributed by atoms with Gasteiger partial charge in [0, 0.05) is 31.1 Å². The minimum Gasteiger partial charge on any atom is -0.383 e. The number of carbonyl (C=O) groups is 1. The van der Waals surface area contributed by atoms with Crippen molar-refractivity contribution < 1.29 is 9.53 Å². The topological polar surface area (TPSA) is 76.1 Å². The molecule has 0 aliphatic heterocycles. The second-order valence-electron chi connectivity index (χ2n) is 4.45. The Bertz CT molecular complexity index is 616. The van der Waals surface area contributed by atoms with E-state index >= 15 is 0 Å². The zero-order chi connectivity index (χ0) is 15.1. The minimum atomic E-state index is 0.0227. The normalized spacial score (nSPS) is 10.2. The zero-order valence-electron chi connectivity index (χ0n) is 12.1. The quantitative estimate of drug-likeness (QED) is 0.601. The summed E-state index contributed by atoms with van der Waals surface area (Å²) in [5.41, 5.74) is 1.42. The van der Waals surface area contributed by atoms with Gasteiger partial charge >= 0.3 is 0 Å². The third-order valence-corrected chi connectivity index (χ3v) is 2.79. The summed E-state index contributed by atoms with van der Waals surface area (Å²) in [6, 6.07) is 9.02. The molecule has 0 unspecified atom stereocenters. The summed E-state index contributed by atoms with van der Waals surface area (Å²) in [4.78, 5) is 19.9. The fourth-order valence-corrected chi connectivity index (χ4v) is 1.74. The number of methoxy groups -OCH3 is 1. The van der Waals surface area contributed by atoms with Crippen molar-refractivity contribution in [2.75, 3.05) is 30.9 Å². The number of anilines is 3. The lowest BCUT2D eigenvalue weighted by molar-refractivity contribution is 0.101. The highest BCUT2D eigenvalue weighted by Crippen LogP contribution is 2.16. The van der Waals surface area contributed by atoms with E-state index in [9.17, 15) is 4.79 Å². The fraction of sp³-hybridized carbons (Fsp3) is 0.267. The number of aromatic nitrogens is 2. The zero-order valence-corrected chi connectivity index (χ0v) is 12.1. The number of hydrogen-bond donors (Lipinski definition) is 2. The molecule has 2 aromatic rings. The first kappa shape index (κ1) is 14.9. The number of hydrogen-bond acceptors (Lipinski definition) is 6. The number of rotatable bonds is 7. The first-order valence-corrected chi connectivity index (χ1v) is 6.63. The molecule has 1 aromatic carbocycles. The molecule has 0 aliphatic rings. The molecule has 0 fully saturated rings. The average Bonchev–Trinajstić information content (AvgIpc) is 2.48. The molecular weight excluding hydrogens is 268 g/mol. The molecule has 0 saturated heterocycles. The standard InChI is InChI=1S/C15H18N4O2/c1-11(20)12-4-3-5-13(10-12)18-15-17-7-6-14(19-15)16-8-9-21-2/h3-7,10H,8-9H2,1-2H3,(H2,16,17,18,19). The van der Waals surface area contributed by atoms with E-state index in [0.29, 0.717) is 30.5 Å². The summed E-state index contributed by atoms with van der Waals surface area (Å²) >= 11 is 0. The van der Waals surface area contributed by atoms with Crippen molar-refractivity contribution in [2.45, 2.75) is 6.92 Å². The monoisotopic (exact) mass is 286 g/mol. The number of carbonyl (C=O) groups excluding carboxylic acids is 1. The largest absolute Gasteiger partial charge is 0.383 e. The van der Waals surface area contributed by atoms with E-state index < -0.39 is 0 Å². The second kappa shape index (κ2) is 7.35. The summed E-state index contributed by atoms with van der Waals surface area (Å²) in [6.45, 7) is 2.82. The van der Waals surface area contributed by atoms with Gasteiger partial charge < -0.3 is 15.4 Å². The van der Waals surface area contributed by atoms with E-state index in [1.165, 1.54) is 6.92 Å². The second-order valence-corrected chi connectivity index (χ2v) is 4.45. The van der Waals surface area contributed by atoms with Crippen LogP contribution in [0.2, 0.25) is 0 Å². The molecule has 110 valence electrons. The highest BCUT2D eigenvalue weighted by Gasteiger charge is 2.03. The number of benzene rings is 1. The van der Waals surface area contributed by atoms with Crippen LogP contribution in [0.15, 0.2) is 36.5 Å². The van der Waals surface area contributed by atoms with Crippen molar-refractivity contribution in [3.05, 3.63) is 42.1 Å². The fourth-order valence-electron chi connectivity index (χ4n) is 1.74. The van der Waals surface area contributed by atoms with Crippen LogP contribution in [-0.2, 0) is 4.74 Å². The van der Waals surface area contributed by atoms with Gasteiger partial charge in [0.1, 0.15) is 5.82 Å². The summed E-state index contributed by atoms with van der Waals surface area (Å²) in [6.07, 6.45) is 1.67. The van der Waals surface area contributed by atoms with Crippen molar-refractivity contribution >= 4 is 23.2 Å². The van der Waals surface area contributed by atoms with Crippen LogP contribution in [0.4, 0.5) is 17.5 Å². The summed E-state index contributed by atoms with van der Waals surface area (Å²) < 4.78 is 4.97. The van der Waals surface area contributed by atoms with E-state index in [-0.39, 0.29) is 5.78 Å². The van der Waals surface area contributed by atoms with Gasteiger partial charge in [-0.25, -0.2) is 4.98 Å². The van der Waals surface area contributed by atoms with Crippen LogP contribution in [0.25, 0.3) is 0 Å². The molecule has 0 atom stereocenters. The van der Waals surface area contributed by atoms with Gasteiger partial charge in [0.2, 0.25) is 5.95 Å². The van der Waals surface area contributed by atoms with Crippen molar-refractivity contribution in [2.24, 2.45) is 0 Å². The third kappa shape index (κ3) is 4.54. The highest BCUT2D eigenvalue weighted by molar-refractivity contribution is 5.95. The van der Waals surface area contributed by atoms with Crippen molar-refractivity contribution in [3.63, 3.8) is 0 Å². The smallest absolute Gasteiger partial charge is 0.229 e. The van der Waals surface area contributed by atoms with Crippen molar-refractivity contribution in [3.8, 4) is 0 Å². The summed E-state index contributed by atoms with van der Waals surface area (Å²) in [7, 11) is 1.65. The van der Waals surface area contributed by atoms with E-state index in [1.807, 2.05) is 12.1 Å². The van der Waals surface area contributed by atoms with Crippen molar-refractivity contribution in [1.29, 1.82) is 0 Å². The lowest BCUT2D eigenvalue weighted by Crippen LogP contribution is -2.09. The average molecular weight is 286 g/mol. The van der Waals surface area contributed by atoms with Gasteiger partial charge in [-0.15, -0.1) is 0 Å². The maximum atomic E-state index is 11.4. The van der Waals surface area contributed by atoms with E-state index in [1.54, 1.807) is 31.5 Å². The van der Waals surface area contributed by atoms with Gasteiger partial charge in [0.25, 0.3) is 0 Å². The molecule has 6 heteroatoms. The molecular formula is C15H18N4O2. The molecule has 2 N–H and O–H groups in total. The molecule has 2 rings (SSSR count). The van der Waals surface area contributed by atoms with Crippen LogP contribution >= 0.6 is 0 Å². The molecule has 1 heterocycles. The molecule has 21 heavy (non-hydrogen) atoms. The van der Waals surface area contributed by atoms with Crippen molar-refractivity contribution in [1.82, 2.24) is 9.97 Å². The van der Waals surface area contributed by atoms with Crippen LogP contribution in [0.5, 0.6) is 0 Å². The van der Waals surface area contributed by atoms with Crippen LogP contribution in [0.3, 0.4) is 0 Å². The van der Waals surface area contributed by atoms with Gasteiger partial charge in [0.15, 0.2) is 5.78 Å². The van der Waals surface area contributed by atoms with E-state index in [4.69, 9.17) is 4.74 Å². The molecule has 0 saturated carbocycles. The molecule has 1 aromatic heterocycles. The van der Waals surface area contributed by atoms with Crippen LogP contribution in [0.1, 0.15) is 17.3 Å². The predicted molar refractivity (Wildman–Crippen MR) is 82.1 cm³/mol. The lowest BCUT2D eigenvalue weighted by atomic mass is 10.1. The Morgan fingerprint density at radius 3 is 2.95 bits per heavy atom. The van der Waals surface area contributed by atoms with Crippen LogP contribution in [-0.4, -0.2) is 36.0 Å². The Kier molecular flexibility index (Phi) is 5.22. The van der Waals surface area contributed by atoms with Gasteiger partial charge in [-0.1, -0.05) is 12.1 Å². The minimum absolute atomic E-state index is 0.0227. The molecule has 0 amide bonds. The predicted octanol–water partition coefficient (Wildman–Crippen LogP) is 2.48. The number of nitrogens with one attached hydrogen (secondary N) is 2.